The Kier molecular flexibility index (Phi) is 4.66. The summed E-state index contributed by atoms with van der Waals surface area (Å²) in [6, 6.07) is 8.53. The third kappa shape index (κ3) is 3.47. The number of rotatable bonds is 6. The standard InChI is InChI=1S/C12H18N2O2S2/c1-2-14-18(15,16)8-7-13-11-9-17-12-6-4-3-5-10(11)12/h3-6,11,13-14H,2,7-9H2,1H3. The van der Waals surface area contributed by atoms with Crippen LogP contribution in [-0.4, -0.2) is 33.0 Å². The molecule has 4 nitrogen and oxygen atoms in total. The van der Waals surface area contributed by atoms with Gasteiger partial charge in [0, 0.05) is 29.8 Å². The van der Waals surface area contributed by atoms with Crippen molar-refractivity contribution in [2.24, 2.45) is 0 Å². The topological polar surface area (TPSA) is 58.2 Å². The quantitative estimate of drug-likeness (QED) is 0.829. The maximum atomic E-state index is 11.5. The monoisotopic (exact) mass is 286 g/mol. The van der Waals surface area contributed by atoms with Gasteiger partial charge < -0.3 is 5.32 Å². The molecule has 0 aromatic heterocycles. The number of hydrogen-bond acceptors (Lipinski definition) is 4. The molecule has 18 heavy (non-hydrogen) atoms. The highest BCUT2D eigenvalue weighted by atomic mass is 32.2. The average Bonchev–Trinajstić information content (AvgIpc) is 2.73. The summed E-state index contributed by atoms with van der Waals surface area (Å²) < 4.78 is 25.5. The lowest BCUT2D eigenvalue weighted by Gasteiger charge is -2.13. The van der Waals surface area contributed by atoms with Crippen LogP contribution < -0.4 is 10.0 Å². The van der Waals surface area contributed by atoms with Gasteiger partial charge in [-0.2, -0.15) is 0 Å². The van der Waals surface area contributed by atoms with Gasteiger partial charge in [-0.05, 0) is 11.6 Å². The van der Waals surface area contributed by atoms with Gasteiger partial charge in [0.15, 0.2) is 0 Å². The van der Waals surface area contributed by atoms with Crippen molar-refractivity contribution in [2.75, 3.05) is 24.6 Å². The zero-order valence-electron chi connectivity index (χ0n) is 10.3. The highest BCUT2D eigenvalue weighted by Crippen LogP contribution is 2.37. The second-order valence-electron chi connectivity index (χ2n) is 4.17. The molecule has 6 heteroatoms. The van der Waals surface area contributed by atoms with E-state index >= 15 is 0 Å². The number of fused-ring (bicyclic) bond motifs is 1. The van der Waals surface area contributed by atoms with Crippen LogP contribution in [0.2, 0.25) is 0 Å². The van der Waals surface area contributed by atoms with Gasteiger partial charge in [0.05, 0.1) is 5.75 Å². The predicted molar refractivity (Wildman–Crippen MR) is 75.4 cm³/mol. The van der Waals surface area contributed by atoms with E-state index < -0.39 is 10.0 Å². The molecule has 1 aromatic rings. The van der Waals surface area contributed by atoms with Gasteiger partial charge in [0.1, 0.15) is 0 Å². The van der Waals surface area contributed by atoms with Crippen LogP contribution in [0.4, 0.5) is 0 Å². The van der Waals surface area contributed by atoms with Crippen molar-refractivity contribution in [2.45, 2.75) is 17.9 Å². The van der Waals surface area contributed by atoms with Crippen LogP contribution in [0.3, 0.4) is 0 Å². The molecule has 0 aliphatic carbocycles. The van der Waals surface area contributed by atoms with Crippen LogP contribution in [0.15, 0.2) is 29.2 Å². The SMILES string of the molecule is CCNS(=O)(=O)CCNC1CSc2ccccc21. The van der Waals surface area contributed by atoms with Crippen molar-refractivity contribution < 1.29 is 8.42 Å². The lowest BCUT2D eigenvalue weighted by atomic mass is 10.1. The summed E-state index contributed by atoms with van der Waals surface area (Å²) in [6.07, 6.45) is 0. The second kappa shape index (κ2) is 6.06. The fraction of sp³-hybridized carbons (Fsp3) is 0.500. The summed E-state index contributed by atoms with van der Waals surface area (Å²) in [5.74, 6) is 1.10. The molecule has 0 fully saturated rings. The Bertz CT molecular complexity index is 503. The summed E-state index contributed by atoms with van der Waals surface area (Å²) in [5.41, 5.74) is 1.28. The molecular formula is C12H18N2O2S2. The van der Waals surface area contributed by atoms with E-state index in [4.69, 9.17) is 0 Å². The van der Waals surface area contributed by atoms with Crippen molar-refractivity contribution in [1.29, 1.82) is 0 Å². The average molecular weight is 286 g/mol. The van der Waals surface area contributed by atoms with Gasteiger partial charge in [-0.15, -0.1) is 11.8 Å². The highest BCUT2D eigenvalue weighted by molar-refractivity contribution is 7.99. The van der Waals surface area contributed by atoms with E-state index in [-0.39, 0.29) is 11.8 Å². The first-order chi connectivity index (χ1) is 8.62. The Hall–Kier alpha value is -0.560. The van der Waals surface area contributed by atoms with Crippen LogP contribution in [0, 0.1) is 0 Å². The number of thioether (sulfide) groups is 1. The fourth-order valence-corrected chi connectivity index (χ4v) is 4.16. The highest BCUT2D eigenvalue weighted by Gasteiger charge is 2.22. The zero-order chi connectivity index (χ0) is 13.0. The lowest BCUT2D eigenvalue weighted by Crippen LogP contribution is -2.33. The Morgan fingerprint density at radius 1 is 1.39 bits per heavy atom. The Labute approximate surface area is 113 Å². The molecule has 1 aromatic carbocycles. The van der Waals surface area contributed by atoms with Gasteiger partial charge in [-0.1, -0.05) is 25.1 Å². The first-order valence-corrected chi connectivity index (χ1v) is 8.68. The first-order valence-electron chi connectivity index (χ1n) is 6.05. The molecular weight excluding hydrogens is 268 g/mol. The van der Waals surface area contributed by atoms with Crippen LogP contribution in [-0.2, 0) is 10.0 Å². The molecule has 100 valence electrons. The maximum absolute atomic E-state index is 11.5. The summed E-state index contributed by atoms with van der Waals surface area (Å²) >= 11 is 1.82. The fourth-order valence-electron chi connectivity index (χ4n) is 1.99. The van der Waals surface area contributed by atoms with Gasteiger partial charge in [0.25, 0.3) is 0 Å². The van der Waals surface area contributed by atoms with Crippen molar-refractivity contribution in [3.8, 4) is 0 Å². The minimum Gasteiger partial charge on any atom is -0.308 e. The Morgan fingerprint density at radius 2 is 2.17 bits per heavy atom. The largest absolute Gasteiger partial charge is 0.308 e. The summed E-state index contributed by atoms with van der Waals surface area (Å²) in [6.45, 7) is 2.72. The van der Waals surface area contributed by atoms with E-state index in [2.05, 4.69) is 22.2 Å². The van der Waals surface area contributed by atoms with Crippen LogP contribution in [0.25, 0.3) is 0 Å². The molecule has 1 heterocycles. The van der Waals surface area contributed by atoms with Crippen LogP contribution >= 0.6 is 11.8 Å². The van der Waals surface area contributed by atoms with E-state index in [0.29, 0.717) is 13.1 Å². The third-order valence-corrected chi connectivity index (χ3v) is 5.48. The van der Waals surface area contributed by atoms with Crippen molar-refractivity contribution in [3.63, 3.8) is 0 Å². The van der Waals surface area contributed by atoms with Gasteiger partial charge >= 0.3 is 0 Å². The zero-order valence-corrected chi connectivity index (χ0v) is 12.0. The minimum atomic E-state index is -3.12. The van der Waals surface area contributed by atoms with E-state index in [1.807, 2.05) is 23.9 Å². The Morgan fingerprint density at radius 3 is 2.94 bits per heavy atom. The lowest BCUT2D eigenvalue weighted by molar-refractivity contribution is 0.567. The number of benzene rings is 1. The molecule has 0 bridgehead atoms. The third-order valence-electron chi connectivity index (χ3n) is 2.83. The molecule has 0 saturated heterocycles. The smallest absolute Gasteiger partial charge is 0.212 e. The molecule has 2 rings (SSSR count). The van der Waals surface area contributed by atoms with Gasteiger partial charge in [-0.3, -0.25) is 0 Å². The number of nitrogens with one attached hydrogen (secondary N) is 2. The van der Waals surface area contributed by atoms with Crippen molar-refractivity contribution in [1.82, 2.24) is 10.0 Å². The summed E-state index contributed by atoms with van der Waals surface area (Å²) in [4.78, 5) is 1.30. The second-order valence-corrected chi connectivity index (χ2v) is 7.16. The normalized spacial score (nSPS) is 18.8. The van der Waals surface area contributed by atoms with Gasteiger partial charge in [-0.25, -0.2) is 13.1 Å². The summed E-state index contributed by atoms with van der Waals surface area (Å²) in [7, 11) is -3.12. The molecule has 2 N–H and O–H groups in total. The molecule has 1 unspecified atom stereocenters. The van der Waals surface area contributed by atoms with E-state index in [1.165, 1.54) is 10.5 Å². The van der Waals surface area contributed by atoms with E-state index in [1.54, 1.807) is 6.92 Å². The van der Waals surface area contributed by atoms with E-state index in [9.17, 15) is 8.42 Å². The van der Waals surface area contributed by atoms with Crippen LogP contribution in [0.1, 0.15) is 18.5 Å². The molecule has 0 saturated carbocycles. The first kappa shape index (κ1) is 13.9. The number of sulfonamides is 1. The maximum Gasteiger partial charge on any atom is 0.212 e. The van der Waals surface area contributed by atoms with Gasteiger partial charge in [0.2, 0.25) is 10.0 Å². The molecule has 1 aliphatic rings. The molecule has 1 atom stereocenters. The Balaban J connectivity index is 1.86. The molecule has 0 amide bonds. The molecule has 1 aliphatic heterocycles. The van der Waals surface area contributed by atoms with Crippen molar-refractivity contribution in [3.05, 3.63) is 29.8 Å². The van der Waals surface area contributed by atoms with E-state index in [0.717, 1.165) is 5.75 Å². The molecule has 0 spiro atoms. The summed E-state index contributed by atoms with van der Waals surface area (Å²) in [5, 5.41) is 3.31. The predicted octanol–water partition coefficient (Wildman–Crippen LogP) is 1.36. The minimum absolute atomic E-state index is 0.129. The van der Waals surface area contributed by atoms with Crippen molar-refractivity contribution >= 4 is 21.8 Å². The number of hydrogen-bond donors (Lipinski definition) is 2. The molecule has 0 radical (unpaired) electrons. The van der Waals surface area contributed by atoms with Crippen LogP contribution in [0.5, 0.6) is 0 Å².